The van der Waals surface area contributed by atoms with E-state index in [4.69, 9.17) is 9.84 Å². The minimum atomic E-state index is -0.982. The summed E-state index contributed by atoms with van der Waals surface area (Å²) in [5, 5.41) is 11.9. The number of methoxy groups -OCH3 is 1. The molecule has 1 aromatic rings. The molecule has 1 aliphatic carbocycles. The molecular formula is C16H21NO4. The first kappa shape index (κ1) is 15.4. The van der Waals surface area contributed by atoms with Crippen molar-refractivity contribution in [3.8, 4) is 5.75 Å². The van der Waals surface area contributed by atoms with Crippen LogP contribution in [0.25, 0.3) is 0 Å². The summed E-state index contributed by atoms with van der Waals surface area (Å²) in [6.07, 6.45) is 1.55. The normalized spacial score (nSPS) is 18.9. The molecule has 0 radical (unpaired) electrons. The van der Waals surface area contributed by atoms with Crippen LogP contribution >= 0.6 is 0 Å². The van der Waals surface area contributed by atoms with Crippen molar-refractivity contribution in [2.24, 2.45) is 11.3 Å². The zero-order chi connectivity index (χ0) is 15.6. The van der Waals surface area contributed by atoms with Crippen LogP contribution in [0.3, 0.4) is 0 Å². The Labute approximate surface area is 124 Å². The number of amides is 1. The molecule has 0 saturated heterocycles. The lowest BCUT2D eigenvalue weighted by Gasteiger charge is -2.10. The van der Waals surface area contributed by atoms with E-state index in [0.29, 0.717) is 18.7 Å². The van der Waals surface area contributed by atoms with Gasteiger partial charge in [0.1, 0.15) is 5.75 Å². The van der Waals surface area contributed by atoms with Gasteiger partial charge in [0.15, 0.2) is 0 Å². The van der Waals surface area contributed by atoms with E-state index in [1.807, 2.05) is 0 Å². The van der Waals surface area contributed by atoms with Gasteiger partial charge in [0, 0.05) is 12.5 Å². The smallest absolute Gasteiger partial charge is 0.335 e. The number of benzene rings is 1. The molecule has 2 N–H and O–H groups in total. The van der Waals surface area contributed by atoms with Crippen molar-refractivity contribution < 1.29 is 19.4 Å². The molecule has 1 unspecified atom stereocenters. The number of carbonyl (C=O) groups excluding carboxylic acids is 1. The highest BCUT2D eigenvalue weighted by molar-refractivity contribution is 5.88. The lowest BCUT2D eigenvalue weighted by molar-refractivity contribution is -0.122. The van der Waals surface area contributed by atoms with Crippen LogP contribution in [-0.4, -0.2) is 30.6 Å². The van der Waals surface area contributed by atoms with Gasteiger partial charge in [-0.25, -0.2) is 4.79 Å². The van der Waals surface area contributed by atoms with Crippen molar-refractivity contribution in [1.82, 2.24) is 5.32 Å². The van der Waals surface area contributed by atoms with Crippen molar-refractivity contribution >= 4 is 11.9 Å². The summed E-state index contributed by atoms with van der Waals surface area (Å²) >= 11 is 0. The summed E-state index contributed by atoms with van der Waals surface area (Å²) < 4.78 is 5.21. The Morgan fingerprint density at radius 2 is 2.10 bits per heavy atom. The van der Waals surface area contributed by atoms with Gasteiger partial charge in [0.25, 0.3) is 0 Å². The van der Waals surface area contributed by atoms with E-state index in [0.717, 1.165) is 12.0 Å². The number of nitrogens with one attached hydrogen (secondary N) is 1. The molecule has 0 aromatic heterocycles. The molecule has 0 aliphatic heterocycles. The van der Waals surface area contributed by atoms with Crippen LogP contribution in [0, 0.1) is 11.3 Å². The summed E-state index contributed by atoms with van der Waals surface area (Å²) in [4.78, 5) is 22.8. The van der Waals surface area contributed by atoms with Gasteiger partial charge in [-0.3, -0.25) is 4.79 Å². The van der Waals surface area contributed by atoms with Crippen molar-refractivity contribution in [1.29, 1.82) is 0 Å². The molecular weight excluding hydrogens is 270 g/mol. The fourth-order valence-corrected chi connectivity index (χ4v) is 2.44. The zero-order valence-electron chi connectivity index (χ0n) is 12.6. The number of hydrogen-bond donors (Lipinski definition) is 2. The van der Waals surface area contributed by atoms with Crippen molar-refractivity contribution in [3.05, 3.63) is 29.3 Å². The minimum absolute atomic E-state index is 0.0983. The maximum Gasteiger partial charge on any atom is 0.335 e. The molecule has 1 amide bonds. The Hall–Kier alpha value is -2.04. The third-order valence-corrected chi connectivity index (χ3v) is 4.06. The van der Waals surface area contributed by atoms with Crippen molar-refractivity contribution in [2.75, 3.05) is 13.7 Å². The molecule has 1 atom stereocenters. The van der Waals surface area contributed by atoms with Crippen LogP contribution < -0.4 is 10.1 Å². The van der Waals surface area contributed by atoms with E-state index in [2.05, 4.69) is 19.2 Å². The largest absolute Gasteiger partial charge is 0.496 e. The number of rotatable bonds is 6. The first-order valence-corrected chi connectivity index (χ1v) is 7.03. The number of aromatic carboxylic acids is 1. The van der Waals surface area contributed by atoms with Gasteiger partial charge < -0.3 is 15.2 Å². The standard InChI is InChI=1S/C16H21NO4/c1-16(2)9-12(16)14(18)17-7-6-10-4-5-11(15(19)20)8-13(10)21-3/h4-5,8,12H,6-7,9H2,1-3H3,(H,17,18)(H,19,20). The molecule has 0 spiro atoms. The second-order valence-corrected chi connectivity index (χ2v) is 6.12. The summed E-state index contributed by atoms with van der Waals surface area (Å²) in [6.45, 7) is 4.70. The molecule has 114 valence electrons. The lowest BCUT2D eigenvalue weighted by atomic mass is 10.1. The van der Waals surface area contributed by atoms with Crippen LogP contribution in [0.15, 0.2) is 18.2 Å². The Bertz CT molecular complexity index is 565. The number of hydrogen-bond acceptors (Lipinski definition) is 3. The van der Waals surface area contributed by atoms with Gasteiger partial charge >= 0.3 is 5.97 Å². The van der Waals surface area contributed by atoms with E-state index in [1.54, 1.807) is 12.1 Å². The van der Waals surface area contributed by atoms with E-state index >= 15 is 0 Å². The van der Waals surface area contributed by atoms with Crippen LogP contribution in [0.4, 0.5) is 0 Å². The molecule has 21 heavy (non-hydrogen) atoms. The highest BCUT2D eigenvalue weighted by Crippen LogP contribution is 2.51. The first-order valence-electron chi connectivity index (χ1n) is 7.03. The van der Waals surface area contributed by atoms with Gasteiger partial charge in [-0.15, -0.1) is 0 Å². The predicted molar refractivity (Wildman–Crippen MR) is 78.6 cm³/mol. The van der Waals surface area contributed by atoms with E-state index in [1.165, 1.54) is 13.2 Å². The quantitative estimate of drug-likeness (QED) is 0.841. The highest BCUT2D eigenvalue weighted by Gasteiger charge is 2.50. The molecule has 2 rings (SSSR count). The highest BCUT2D eigenvalue weighted by atomic mass is 16.5. The van der Waals surface area contributed by atoms with E-state index in [-0.39, 0.29) is 22.8 Å². The Balaban J connectivity index is 1.91. The number of carboxylic acid groups (broad SMARTS) is 1. The fraction of sp³-hybridized carbons (Fsp3) is 0.500. The monoisotopic (exact) mass is 291 g/mol. The molecule has 1 aliphatic rings. The molecule has 0 bridgehead atoms. The summed E-state index contributed by atoms with van der Waals surface area (Å²) in [6, 6.07) is 4.78. The van der Waals surface area contributed by atoms with E-state index < -0.39 is 5.97 Å². The summed E-state index contributed by atoms with van der Waals surface area (Å²) in [7, 11) is 1.51. The maximum atomic E-state index is 11.9. The molecule has 1 saturated carbocycles. The van der Waals surface area contributed by atoms with Gasteiger partial charge in [-0.1, -0.05) is 19.9 Å². The fourth-order valence-electron chi connectivity index (χ4n) is 2.44. The maximum absolute atomic E-state index is 11.9. The first-order chi connectivity index (χ1) is 9.85. The number of ether oxygens (including phenoxy) is 1. The minimum Gasteiger partial charge on any atom is -0.496 e. The predicted octanol–water partition coefficient (Wildman–Crippen LogP) is 2.10. The van der Waals surface area contributed by atoms with Crippen LogP contribution in [0.5, 0.6) is 5.75 Å². The molecule has 0 heterocycles. The average Bonchev–Trinajstić information content (AvgIpc) is 3.07. The topological polar surface area (TPSA) is 75.6 Å². The Kier molecular flexibility index (Phi) is 4.21. The van der Waals surface area contributed by atoms with Crippen molar-refractivity contribution in [3.63, 3.8) is 0 Å². The van der Waals surface area contributed by atoms with Gasteiger partial charge in [-0.2, -0.15) is 0 Å². The summed E-state index contributed by atoms with van der Waals surface area (Å²) in [5.41, 5.74) is 1.21. The number of carbonyl (C=O) groups is 2. The second-order valence-electron chi connectivity index (χ2n) is 6.12. The molecule has 5 heteroatoms. The second kappa shape index (κ2) is 5.76. The summed E-state index contributed by atoms with van der Waals surface area (Å²) in [5.74, 6) is -0.227. The van der Waals surface area contributed by atoms with Gasteiger partial charge in [-0.05, 0) is 36.0 Å². The third-order valence-electron chi connectivity index (χ3n) is 4.06. The van der Waals surface area contributed by atoms with Crippen LogP contribution in [0.2, 0.25) is 0 Å². The zero-order valence-corrected chi connectivity index (χ0v) is 12.6. The van der Waals surface area contributed by atoms with Gasteiger partial charge in [0.05, 0.1) is 12.7 Å². The van der Waals surface area contributed by atoms with Crippen LogP contribution in [-0.2, 0) is 11.2 Å². The molecule has 1 aromatic carbocycles. The van der Waals surface area contributed by atoms with Crippen molar-refractivity contribution in [2.45, 2.75) is 26.7 Å². The molecule has 1 fully saturated rings. The SMILES string of the molecule is COc1cc(C(=O)O)ccc1CCNC(=O)C1CC1(C)C. The van der Waals surface area contributed by atoms with Crippen LogP contribution in [0.1, 0.15) is 36.2 Å². The molecule has 5 nitrogen and oxygen atoms in total. The Morgan fingerprint density at radius 3 is 2.62 bits per heavy atom. The van der Waals surface area contributed by atoms with Gasteiger partial charge in [0.2, 0.25) is 5.91 Å². The number of carboxylic acids is 1. The lowest BCUT2D eigenvalue weighted by Crippen LogP contribution is -2.28. The van der Waals surface area contributed by atoms with E-state index in [9.17, 15) is 9.59 Å². The average molecular weight is 291 g/mol. The Morgan fingerprint density at radius 1 is 1.43 bits per heavy atom. The third kappa shape index (κ3) is 3.54.